The lowest BCUT2D eigenvalue weighted by Crippen LogP contribution is -2.47. The summed E-state index contributed by atoms with van der Waals surface area (Å²) in [4.78, 5) is 53.1. The van der Waals surface area contributed by atoms with Gasteiger partial charge in [0.05, 0.1) is 42.3 Å². The number of hydrogen-bond donors (Lipinski definition) is 2. The summed E-state index contributed by atoms with van der Waals surface area (Å²) in [5, 5.41) is 18.2. The van der Waals surface area contributed by atoms with E-state index in [9.17, 15) is 19.5 Å². The van der Waals surface area contributed by atoms with Gasteiger partial charge in [-0.15, -0.1) is 0 Å². The number of aliphatic hydroxyl groups excluding tert-OH is 1. The van der Waals surface area contributed by atoms with Crippen molar-refractivity contribution in [3.05, 3.63) is 128 Å². The number of nitrogens with zero attached hydrogens (tertiary/aromatic N) is 7. The van der Waals surface area contributed by atoms with E-state index in [1.54, 1.807) is 57.9 Å². The molecule has 0 radical (unpaired) electrons. The van der Waals surface area contributed by atoms with Crippen LogP contribution in [0, 0.1) is 6.92 Å². The molecule has 0 fully saturated rings. The molecule has 0 saturated heterocycles. The van der Waals surface area contributed by atoms with Crippen LogP contribution in [-0.4, -0.2) is 62.8 Å². The van der Waals surface area contributed by atoms with Gasteiger partial charge in [0.15, 0.2) is 5.82 Å². The van der Waals surface area contributed by atoms with Crippen LogP contribution in [0.5, 0.6) is 0 Å². The molecule has 13 heteroatoms. The Balaban J connectivity index is 1.30. The number of nitrogens with one attached hydrogen (secondary N) is 1. The first kappa shape index (κ1) is 33.1. The smallest absolute Gasteiger partial charge is 0.333 e. The lowest BCUT2D eigenvalue weighted by Gasteiger charge is -2.34. The van der Waals surface area contributed by atoms with Gasteiger partial charge in [0, 0.05) is 52.5 Å². The Bertz CT molecular complexity index is 2310. The van der Waals surface area contributed by atoms with E-state index >= 15 is 0 Å². The number of halogens is 1. The second-order valence-electron chi connectivity index (χ2n) is 12.6. The number of amides is 2. The zero-order valence-corrected chi connectivity index (χ0v) is 29.3. The molecular formula is C37H35BrN8O4. The summed E-state index contributed by atoms with van der Waals surface area (Å²) in [6, 6.07) is 19.8. The molecule has 2 amide bonds. The molecule has 12 nitrogen and oxygen atoms in total. The molecule has 4 heterocycles. The number of hydrogen-bond acceptors (Lipinski definition) is 7. The van der Waals surface area contributed by atoms with E-state index in [1.165, 1.54) is 4.57 Å². The van der Waals surface area contributed by atoms with Gasteiger partial charge in [0.25, 0.3) is 11.8 Å². The second kappa shape index (κ2) is 13.5. The first-order valence-corrected chi connectivity index (χ1v) is 17.1. The molecule has 2 N–H and O–H groups in total. The fraction of sp³-hybridized carbons (Fsp3) is 0.243. The summed E-state index contributed by atoms with van der Waals surface area (Å²) < 4.78 is 5.63. The van der Waals surface area contributed by atoms with Crippen molar-refractivity contribution >= 4 is 38.6 Å². The fourth-order valence-corrected chi connectivity index (χ4v) is 6.75. The Morgan fingerprint density at radius 2 is 1.84 bits per heavy atom. The van der Waals surface area contributed by atoms with E-state index in [1.807, 2.05) is 62.4 Å². The fourth-order valence-electron chi connectivity index (χ4n) is 6.50. The van der Waals surface area contributed by atoms with Gasteiger partial charge < -0.3 is 15.3 Å². The molecule has 0 aliphatic carbocycles. The number of carbonyl (C=O) groups is 2. The van der Waals surface area contributed by atoms with Gasteiger partial charge in [-0.1, -0.05) is 40.2 Å². The van der Waals surface area contributed by atoms with Crippen LogP contribution in [0.4, 0.5) is 0 Å². The van der Waals surface area contributed by atoms with Crippen LogP contribution in [0.1, 0.15) is 51.5 Å². The lowest BCUT2D eigenvalue weighted by atomic mass is 10.1. The number of carbonyl (C=O) groups excluding carboxylic acids is 2. The Kier molecular flexibility index (Phi) is 8.93. The number of aryl methyl sites for hydroxylation is 1. The highest BCUT2D eigenvalue weighted by Crippen LogP contribution is 2.28. The Hall–Kier alpha value is -5.40. The highest BCUT2D eigenvalue weighted by molar-refractivity contribution is 9.10. The van der Waals surface area contributed by atoms with Crippen molar-refractivity contribution in [2.45, 2.75) is 59.1 Å². The van der Waals surface area contributed by atoms with E-state index < -0.39 is 12.0 Å². The van der Waals surface area contributed by atoms with Crippen molar-refractivity contribution in [1.82, 2.24) is 39.1 Å². The van der Waals surface area contributed by atoms with Gasteiger partial charge in [-0.05, 0) is 74.4 Å². The molecule has 50 heavy (non-hydrogen) atoms. The molecule has 0 bridgehead atoms. The van der Waals surface area contributed by atoms with Crippen LogP contribution >= 0.6 is 15.9 Å². The number of aromatic nitrogens is 6. The van der Waals surface area contributed by atoms with Crippen molar-refractivity contribution in [1.29, 1.82) is 0 Å². The van der Waals surface area contributed by atoms with Gasteiger partial charge in [-0.2, -0.15) is 5.10 Å². The largest absolute Gasteiger partial charge is 0.391 e. The van der Waals surface area contributed by atoms with Crippen molar-refractivity contribution in [3.63, 3.8) is 0 Å². The third-order valence-electron chi connectivity index (χ3n) is 9.01. The summed E-state index contributed by atoms with van der Waals surface area (Å²) in [7, 11) is 0. The molecular weight excluding hydrogens is 700 g/mol. The maximum atomic E-state index is 14.4. The van der Waals surface area contributed by atoms with Crippen molar-refractivity contribution in [3.8, 4) is 17.1 Å². The first-order valence-electron chi connectivity index (χ1n) is 16.3. The zero-order chi connectivity index (χ0) is 35.1. The van der Waals surface area contributed by atoms with Crippen LogP contribution < -0.4 is 11.0 Å². The predicted molar refractivity (Wildman–Crippen MR) is 192 cm³/mol. The van der Waals surface area contributed by atoms with E-state index in [4.69, 9.17) is 0 Å². The van der Waals surface area contributed by atoms with Gasteiger partial charge in [-0.3, -0.25) is 23.4 Å². The number of imidazole rings is 1. The van der Waals surface area contributed by atoms with Crippen molar-refractivity contribution in [2.24, 2.45) is 0 Å². The standard InChI is InChI=1S/C37H35BrN8O4/c1-22-15-25(9-11-30(22)38)36(49)43-21-32-33(35(48)41-17-26-7-4-5-8-29(26)34-39-13-6-14-40-34)46(37(50)44(32)19-23(43)2)28-10-12-31-27(16-28)18-42-45(31)20-24(3)47/h4-16,18,23-24,47H,17,19-21H2,1-3H3,(H,41,48)/t23?,24-/m0/s1. The lowest BCUT2D eigenvalue weighted by molar-refractivity contribution is 0.0610. The summed E-state index contributed by atoms with van der Waals surface area (Å²) in [5.74, 6) is -0.119. The minimum Gasteiger partial charge on any atom is -0.391 e. The highest BCUT2D eigenvalue weighted by Gasteiger charge is 2.35. The monoisotopic (exact) mass is 734 g/mol. The Morgan fingerprint density at radius 3 is 2.60 bits per heavy atom. The summed E-state index contributed by atoms with van der Waals surface area (Å²) in [5.41, 5.74) is 4.52. The minimum atomic E-state index is -0.596. The topological polar surface area (TPSA) is 140 Å². The van der Waals surface area contributed by atoms with Crippen molar-refractivity contribution < 1.29 is 14.7 Å². The first-order chi connectivity index (χ1) is 24.1. The number of benzene rings is 3. The molecule has 2 atom stereocenters. The summed E-state index contributed by atoms with van der Waals surface area (Å²) >= 11 is 3.51. The average molecular weight is 736 g/mol. The number of rotatable bonds is 8. The second-order valence-corrected chi connectivity index (χ2v) is 13.5. The van der Waals surface area contributed by atoms with Crippen LogP contribution in [0.25, 0.3) is 28.0 Å². The Labute approximate surface area is 296 Å². The maximum Gasteiger partial charge on any atom is 0.333 e. The van der Waals surface area contributed by atoms with Gasteiger partial charge in [-0.25, -0.2) is 14.8 Å². The van der Waals surface area contributed by atoms with Gasteiger partial charge in [0.1, 0.15) is 5.69 Å². The third-order valence-corrected chi connectivity index (χ3v) is 9.90. The number of aliphatic hydroxyl groups is 1. The summed E-state index contributed by atoms with van der Waals surface area (Å²) in [6.07, 6.45) is 4.41. The molecule has 6 aromatic rings. The van der Waals surface area contributed by atoms with Crippen molar-refractivity contribution in [2.75, 3.05) is 0 Å². The molecule has 7 rings (SSSR count). The molecule has 1 aliphatic heterocycles. The molecule has 3 aromatic heterocycles. The Morgan fingerprint density at radius 1 is 1.06 bits per heavy atom. The zero-order valence-electron chi connectivity index (χ0n) is 27.7. The number of fused-ring (bicyclic) bond motifs is 2. The molecule has 1 aliphatic rings. The van der Waals surface area contributed by atoms with E-state index in [-0.39, 0.29) is 43.0 Å². The minimum absolute atomic E-state index is 0.0586. The SMILES string of the molecule is Cc1cc(C(=O)N2Cc3c(C(=O)NCc4ccccc4-c4ncccn4)n(-c4ccc5c(cnn5C[C@H](C)O)c4)c(=O)n3CC2C)ccc1Br. The average Bonchev–Trinajstić information content (AvgIpc) is 3.64. The molecule has 254 valence electrons. The van der Waals surface area contributed by atoms with Crippen LogP contribution in [0.2, 0.25) is 0 Å². The van der Waals surface area contributed by atoms with Gasteiger partial charge in [0.2, 0.25) is 0 Å². The molecule has 1 unspecified atom stereocenters. The normalized spacial score (nSPS) is 14.8. The van der Waals surface area contributed by atoms with Crippen LogP contribution in [0.3, 0.4) is 0 Å². The van der Waals surface area contributed by atoms with Gasteiger partial charge >= 0.3 is 5.69 Å². The van der Waals surface area contributed by atoms with Crippen LogP contribution in [-0.2, 0) is 26.2 Å². The van der Waals surface area contributed by atoms with Crippen LogP contribution in [0.15, 0.2) is 94.6 Å². The molecule has 3 aromatic carbocycles. The highest BCUT2D eigenvalue weighted by atomic mass is 79.9. The molecule has 0 spiro atoms. The summed E-state index contributed by atoms with van der Waals surface area (Å²) in [6.45, 7) is 6.25. The van der Waals surface area contributed by atoms with E-state index in [0.717, 1.165) is 32.1 Å². The van der Waals surface area contributed by atoms with E-state index in [0.29, 0.717) is 29.3 Å². The quantitative estimate of drug-likeness (QED) is 0.227. The molecule has 0 saturated carbocycles. The third kappa shape index (κ3) is 6.14. The maximum absolute atomic E-state index is 14.4. The predicted octanol–water partition coefficient (Wildman–Crippen LogP) is 4.87. The van der Waals surface area contributed by atoms with E-state index in [2.05, 4.69) is 36.3 Å².